The maximum atomic E-state index is 14.0. The maximum Gasteiger partial charge on any atom is 0.342 e. The van der Waals surface area contributed by atoms with Crippen LogP contribution in [0.4, 0.5) is 4.39 Å². The van der Waals surface area contributed by atoms with Crippen molar-refractivity contribution in [2.24, 2.45) is 0 Å². The van der Waals surface area contributed by atoms with Gasteiger partial charge in [0.05, 0.1) is 17.2 Å². The fourth-order valence-corrected chi connectivity index (χ4v) is 3.86. The van der Waals surface area contributed by atoms with Gasteiger partial charge in [0.1, 0.15) is 5.82 Å². The van der Waals surface area contributed by atoms with Gasteiger partial charge in [0, 0.05) is 17.0 Å². The van der Waals surface area contributed by atoms with Crippen LogP contribution in [0.3, 0.4) is 0 Å². The quantitative estimate of drug-likeness (QED) is 0.402. The number of nitrogens with one attached hydrogen (secondary N) is 1. The van der Waals surface area contributed by atoms with Crippen molar-refractivity contribution in [3.05, 3.63) is 106 Å². The van der Waals surface area contributed by atoms with Crippen molar-refractivity contribution in [2.45, 2.75) is 44.8 Å². The topological polar surface area (TPSA) is 79.2 Å². The van der Waals surface area contributed by atoms with E-state index in [1.165, 1.54) is 32.0 Å². The second-order valence-electron chi connectivity index (χ2n) is 8.82. The summed E-state index contributed by atoms with van der Waals surface area (Å²) in [4.78, 5) is 25.6. The Morgan fingerprint density at radius 1 is 1.09 bits per heavy atom. The van der Waals surface area contributed by atoms with E-state index in [0.717, 1.165) is 17.2 Å². The van der Waals surface area contributed by atoms with E-state index in [0.29, 0.717) is 17.0 Å². The van der Waals surface area contributed by atoms with E-state index < -0.39 is 29.3 Å². The Morgan fingerprint density at radius 3 is 2.43 bits per heavy atom. The van der Waals surface area contributed by atoms with Crippen molar-refractivity contribution in [2.75, 3.05) is 0 Å². The minimum atomic E-state index is -1.55. The number of amides is 1. The van der Waals surface area contributed by atoms with Gasteiger partial charge in [-0.15, -0.1) is 0 Å². The van der Waals surface area contributed by atoms with Crippen LogP contribution in [0.5, 0.6) is 0 Å². The number of rotatable bonds is 8. The molecular formula is C28H26ClFN2O3. The number of carbonyl (C=O) groups excluding carboxylic acids is 2. The third-order valence-electron chi connectivity index (χ3n) is 5.76. The summed E-state index contributed by atoms with van der Waals surface area (Å²) < 4.78 is 19.4. The first-order valence-corrected chi connectivity index (χ1v) is 11.5. The molecule has 0 fully saturated rings. The van der Waals surface area contributed by atoms with E-state index >= 15 is 0 Å². The van der Waals surface area contributed by atoms with E-state index in [4.69, 9.17) is 16.3 Å². The molecule has 0 saturated heterocycles. The molecule has 1 amide bonds. The van der Waals surface area contributed by atoms with E-state index in [9.17, 15) is 19.2 Å². The van der Waals surface area contributed by atoms with Gasteiger partial charge in [-0.25, -0.2) is 9.18 Å². The van der Waals surface area contributed by atoms with Crippen LogP contribution in [0, 0.1) is 17.1 Å². The molecule has 180 valence electrons. The summed E-state index contributed by atoms with van der Waals surface area (Å²) in [6.07, 6.45) is 0.572. The molecule has 0 bridgehead atoms. The van der Waals surface area contributed by atoms with E-state index in [-0.39, 0.29) is 11.5 Å². The third-order valence-corrected chi connectivity index (χ3v) is 6.02. The Morgan fingerprint density at radius 2 is 1.77 bits per heavy atom. The summed E-state index contributed by atoms with van der Waals surface area (Å²) in [6, 6.07) is 21.9. The van der Waals surface area contributed by atoms with Gasteiger partial charge in [0.25, 0.3) is 5.91 Å². The molecule has 0 aromatic heterocycles. The number of nitriles is 1. The normalized spacial score (nSPS) is 12.8. The number of halogens is 2. The van der Waals surface area contributed by atoms with Crippen LogP contribution in [-0.4, -0.2) is 23.5 Å². The average Bonchev–Trinajstić information content (AvgIpc) is 2.83. The van der Waals surface area contributed by atoms with Crippen molar-refractivity contribution in [1.82, 2.24) is 5.32 Å². The molecule has 3 aromatic rings. The Labute approximate surface area is 209 Å². The van der Waals surface area contributed by atoms with Crippen LogP contribution in [0.15, 0.2) is 72.8 Å². The number of hydrogen-bond acceptors (Lipinski definition) is 4. The van der Waals surface area contributed by atoms with Crippen LogP contribution in [0.25, 0.3) is 0 Å². The fourth-order valence-electron chi connectivity index (χ4n) is 3.74. The molecule has 0 aliphatic rings. The van der Waals surface area contributed by atoms with Gasteiger partial charge in [-0.3, -0.25) is 4.79 Å². The molecule has 0 aliphatic heterocycles. The molecule has 2 unspecified atom stereocenters. The molecule has 0 radical (unpaired) electrons. The second-order valence-corrected chi connectivity index (χ2v) is 9.25. The Bertz CT molecular complexity index is 1250. The monoisotopic (exact) mass is 492 g/mol. The highest BCUT2D eigenvalue weighted by atomic mass is 35.5. The summed E-state index contributed by atoms with van der Waals surface area (Å²) in [6.45, 7) is 4.77. The number of benzene rings is 3. The number of carbonyl (C=O) groups is 2. The van der Waals surface area contributed by atoms with E-state index in [2.05, 4.69) is 11.4 Å². The average molecular weight is 493 g/mol. The molecule has 0 spiro atoms. The van der Waals surface area contributed by atoms with Gasteiger partial charge in [-0.2, -0.15) is 5.26 Å². The molecule has 0 saturated carbocycles. The molecule has 0 heterocycles. The van der Waals surface area contributed by atoms with Gasteiger partial charge in [-0.1, -0.05) is 48.0 Å². The number of nitrogens with zero attached hydrogens (tertiary/aromatic N) is 1. The van der Waals surface area contributed by atoms with Crippen molar-refractivity contribution in [1.29, 1.82) is 5.26 Å². The molecule has 0 aliphatic carbocycles. The fraction of sp³-hybridized carbons (Fsp3) is 0.250. The third kappa shape index (κ3) is 6.68. The zero-order chi connectivity index (χ0) is 25.6. The SMILES string of the molecule is CC(NC(=O)C(C)(C)OC(=O)c1ccccc1F)C(Cc1ccc(Cl)cc1)c1cccc(C#N)c1. The van der Waals surface area contributed by atoms with Crippen molar-refractivity contribution in [3.8, 4) is 6.07 Å². The van der Waals surface area contributed by atoms with Crippen LogP contribution in [-0.2, 0) is 16.0 Å². The highest BCUT2D eigenvalue weighted by Gasteiger charge is 2.35. The standard InChI is InChI=1S/C28H26ClFN2O3/c1-18(32-27(34)28(2,3)35-26(33)23-9-4-5-10-25(23)30)24(16-19-11-13-22(29)14-12-19)21-8-6-7-20(15-21)17-31/h4-15,18,24H,16H2,1-3H3,(H,32,34). The first-order valence-electron chi connectivity index (χ1n) is 11.1. The minimum absolute atomic E-state index is 0.188. The number of ether oxygens (including phenoxy) is 1. The van der Waals surface area contributed by atoms with Gasteiger partial charge in [0.15, 0.2) is 5.60 Å². The molecule has 3 rings (SSSR count). The lowest BCUT2D eigenvalue weighted by molar-refractivity contribution is -0.138. The molecule has 35 heavy (non-hydrogen) atoms. The predicted octanol–water partition coefficient (Wildman–Crippen LogP) is 5.82. The first kappa shape index (κ1) is 25.9. The summed E-state index contributed by atoms with van der Waals surface area (Å²) in [5, 5.41) is 12.9. The lowest BCUT2D eigenvalue weighted by Gasteiger charge is -2.30. The molecule has 1 N–H and O–H groups in total. The van der Waals surface area contributed by atoms with E-state index in [1.54, 1.807) is 30.3 Å². The lowest BCUT2D eigenvalue weighted by Crippen LogP contribution is -2.50. The van der Waals surface area contributed by atoms with Crippen LogP contribution >= 0.6 is 11.6 Å². The highest BCUT2D eigenvalue weighted by molar-refractivity contribution is 6.30. The maximum absolute atomic E-state index is 14.0. The summed E-state index contributed by atoms with van der Waals surface area (Å²) >= 11 is 6.02. The van der Waals surface area contributed by atoms with Gasteiger partial charge in [-0.05, 0) is 74.7 Å². The molecule has 3 aromatic carbocycles. The number of hydrogen-bond donors (Lipinski definition) is 1. The smallest absolute Gasteiger partial charge is 0.342 e. The summed E-state index contributed by atoms with van der Waals surface area (Å²) in [5.74, 6) is -2.35. The van der Waals surface area contributed by atoms with Crippen LogP contribution in [0.1, 0.15) is 53.7 Å². The summed E-state index contributed by atoms with van der Waals surface area (Å²) in [7, 11) is 0. The van der Waals surface area contributed by atoms with Gasteiger partial charge < -0.3 is 10.1 Å². The molecular weight excluding hydrogens is 467 g/mol. The van der Waals surface area contributed by atoms with Crippen molar-refractivity contribution >= 4 is 23.5 Å². The van der Waals surface area contributed by atoms with E-state index in [1.807, 2.05) is 25.1 Å². The zero-order valence-electron chi connectivity index (χ0n) is 19.7. The highest BCUT2D eigenvalue weighted by Crippen LogP contribution is 2.27. The Hall–Kier alpha value is -3.69. The molecule has 7 heteroatoms. The molecule has 2 atom stereocenters. The Kier molecular flexibility index (Phi) is 8.26. The first-order chi connectivity index (χ1) is 16.6. The Balaban J connectivity index is 1.81. The largest absolute Gasteiger partial charge is 0.446 e. The molecule has 5 nitrogen and oxygen atoms in total. The number of esters is 1. The zero-order valence-corrected chi connectivity index (χ0v) is 20.5. The van der Waals surface area contributed by atoms with Gasteiger partial charge >= 0.3 is 5.97 Å². The predicted molar refractivity (Wildman–Crippen MR) is 133 cm³/mol. The van der Waals surface area contributed by atoms with Gasteiger partial charge in [0.2, 0.25) is 0 Å². The van der Waals surface area contributed by atoms with Crippen LogP contribution in [0.2, 0.25) is 5.02 Å². The summed E-state index contributed by atoms with van der Waals surface area (Å²) in [5.41, 5.74) is 0.616. The minimum Gasteiger partial charge on any atom is -0.446 e. The van der Waals surface area contributed by atoms with Crippen LogP contribution < -0.4 is 5.32 Å². The van der Waals surface area contributed by atoms with Crippen molar-refractivity contribution < 1.29 is 18.7 Å². The second kappa shape index (κ2) is 11.2. The van der Waals surface area contributed by atoms with Crippen molar-refractivity contribution in [3.63, 3.8) is 0 Å². The lowest BCUT2D eigenvalue weighted by atomic mass is 9.85.